The maximum absolute atomic E-state index is 12.9. The minimum Gasteiger partial charge on any atom is -0.464 e. The molecule has 1 rings (SSSR count). The van der Waals surface area contributed by atoms with Crippen LogP contribution in [0, 0.1) is 0 Å². The van der Waals surface area contributed by atoms with Crippen molar-refractivity contribution < 1.29 is 13.9 Å². The molecule has 0 amide bonds. The molecule has 1 aromatic rings. The Morgan fingerprint density at radius 1 is 1.38 bits per heavy atom. The van der Waals surface area contributed by atoms with Crippen molar-refractivity contribution in [2.24, 2.45) is 0 Å². The van der Waals surface area contributed by atoms with Crippen molar-refractivity contribution in [3.05, 3.63) is 47.8 Å². The van der Waals surface area contributed by atoms with Gasteiger partial charge < -0.3 is 4.74 Å². The van der Waals surface area contributed by atoms with Gasteiger partial charge in [0, 0.05) is 0 Å². The number of carbonyl (C=O) groups excluding carboxylic acids is 1. The first-order chi connectivity index (χ1) is 7.74. The molecule has 0 N–H and O–H groups in total. The second-order valence-electron chi connectivity index (χ2n) is 3.42. The van der Waals surface area contributed by atoms with Gasteiger partial charge in [-0.15, -0.1) is 0 Å². The van der Waals surface area contributed by atoms with E-state index in [1.807, 2.05) is 30.3 Å². The molecule has 0 aromatic heterocycles. The molecule has 0 heterocycles. The van der Waals surface area contributed by atoms with Crippen molar-refractivity contribution in [3.8, 4) is 0 Å². The number of aryl methyl sites for hydroxylation is 1. The number of esters is 1. The normalized spacial score (nSPS) is 11.2. The Hall–Kier alpha value is -1.64. The van der Waals surface area contributed by atoms with Crippen LogP contribution in [0.5, 0.6) is 0 Å². The van der Waals surface area contributed by atoms with Gasteiger partial charge in [0.2, 0.25) is 5.83 Å². The third-order valence-electron chi connectivity index (χ3n) is 2.22. The molecule has 16 heavy (non-hydrogen) atoms. The lowest BCUT2D eigenvalue weighted by Crippen LogP contribution is -2.00. The smallest absolute Gasteiger partial charge is 0.366 e. The monoisotopic (exact) mass is 222 g/mol. The van der Waals surface area contributed by atoms with Crippen LogP contribution < -0.4 is 0 Å². The van der Waals surface area contributed by atoms with Gasteiger partial charge in [-0.25, -0.2) is 4.79 Å². The molecule has 0 radical (unpaired) electrons. The van der Waals surface area contributed by atoms with E-state index in [0.717, 1.165) is 12.8 Å². The lowest BCUT2D eigenvalue weighted by atomic mass is 10.1. The molecule has 0 spiro atoms. The van der Waals surface area contributed by atoms with Crippen LogP contribution in [0.15, 0.2) is 42.2 Å². The SMILES string of the molecule is COC(=O)/C(F)=C/CCCc1ccccc1. The van der Waals surface area contributed by atoms with Gasteiger partial charge in [0.1, 0.15) is 0 Å². The van der Waals surface area contributed by atoms with E-state index in [2.05, 4.69) is 4.74 Å². The lowest BCUT2D eigenvalue weighted by molar-refractivity contribution is -0.137. The Kier molecular flexibility index (Phi) is 5.26. The summed E-state index contributed by atoms with van der Waals surface area (Å²) in [5, 5.41) is 0. The molecule has 1 aromatic carbocycles. The first kappa shape index (κ1) is 12.4. The molecule has 0 saturated heterocycles. The highest BCUT2D eigenvalue weighted by Crippen LogP contribution is 2.07. The van der Waals surface area contributed by atoms with E-state index in [0.29, 0.717) is 6.42 Å². The zero-order valence-electron chi connectivity index (χ0n) is 9.28. The van der Waals surface area contributed by atoms with Crippen LogP contribution in [-0.4, -0.2) is 13.1 Å². The highest BCUT2D eigenvalue weighted by atomic mass is 19.1. The Balaban J connectivity index is 2.29. The third-order valence-corrected chi connectivity index (χ3v) is 2.22. The first-order valence-corrected chi connectivity index (χ1v) is 5.22. The van der Waals surface area contributed by atoms with Crippen molar-refractivity contribution in [1.82, 2.24) is 0 Å². The van der Waals surface area contributed by atoms with E-state index >= 15 is 0 Å². The number of benzene rings is 1. The zero-order chi connectivity index (χ0) is 11.8. The van der Waals surface area contributed by atoms with E-state index in [-0.39, 0.29) is 0 Å². The summed E-state index contributed by atoms with van der Waals surface area (Å²) in [4.78, 5) is 10.7. The summed E-state index contributed by atoms with van der Waals surface area (Å²) in [5.74, 6) is -1.71. The molecule has 86 valence electrons. The van der Waals surface area contributed by atoms with E-state index < -0.39 is 11.8 Å². The van der Waals surface area contributed by atoms with Crippen molar-refractivity contribution >= 4 is 5.97 Å². The summed E-state index contributed by atoms with van der Waals surface area (Å²) in [6, 6.07) is 9.96. The van der Waals surface area contributed by atoms with Crippen molar-refractivity contribution in [3.63, 3.8) is 0 Å². The van der Waals surface area contributed by atoms with Crippen LogP contribution in [0.4, 0.5) is 4.39 Å². The molecular weight excluding hydrogens is 207 g/mol. The molecule has 0 unspecified atom stereocenters. The van der Waals surface area contributed by atoms with Gasteiger partial charge in [0.15, 0.2) is 0 Å². The van der Waals surface area contributed by atoms with E-state index in [4.69, 9.17) is 0 Å². The number of allylic oxidation sites excluding steroid dienone is 1. The predicted octanol–water partition coefficient (Wildman–Crippen LogP) is 3.04. The number of unbranched alkanes of at least 4 members (excludes halogenated alkanes) is 1. The average Bonchev–Trinajstić information content (AvgIpc) is 2.34. The fourth-order valence-corrected chi connectivity index (χ4v) is 1.36. The fraction of sp³-hybridized carbons (Fsp3) is 0.308. The van der Waals surface area contributed by atoms with E-state index in [1.165, 1.54) is 18.7 Å². The Labute approximate surface area is 94.7 Å². The zero-order valence-corrected chi connectivity index (χ0v) is 9.28. The average molecular weight is 222 g/mol. The highest BCUT2D eigenvalue weighted by Gasteiger charge is 2.06. The van der Waals surface area contributed by atoms with Gasteiger partial charge in [-0.2, -0.15) is 4.39 Å². The van der Waals surface area contributed by atoms with Crippen molar-refractivity contribution in [2.45, 2.75) is 19.3 Å². The number of methoxy groups -OCH3 is 1. The topological polar surface area (TPSA) is 26.3 Å². The van der Waals surface area contributed by atoms with Crippen molar-refractivity contribution in [2.75, 3.05) is 7.11 Å². The molecule has 3 heteroatoms. The fourth-order valence-electron chi connectivity index (χ4n) is 1.36. The van der Waals surface area contributed by atoms with Crippen LogP contribution in [-0.2, 0) is 16.0 Å². The molecule has 0 bridgehead atoms. The number of hydrogen-bond donors (Lipinski definition) is 0. The largest absolute Gasteiger partial charge is 0.464 e. The van der Waals surface area contributed by atoms with Gasteiger partial charge >= 0.3 is 5.97 Å². The van der Waals surface area contributed by atoms with Crippen LogP contribution in [0.1, 0.15) is 18.4 Å². The quantitative estimate of drug-likeness (QED) is 0.435. The van der Waals surface area contributed by atoms with Gasteiger partial charge in [-0.3, -0.25) is 0 Å². The standard InChI is InChI=1S/C13H15FO2/c1-16-13(15)12(14)10-6-5-9-11-7-3-2-4-8-11/h2-4,7-8,10H,5-6,9H2,1H3/b12-10-. The summed E-state index contributed by atoms with van der Waals surface area (Å²) in [6.07, 6.45) is 3.50. The third kappa shape index (κ3) is 4.26. The predicted molar refractivity (Wildman–Crippen MR) is 60.6 cm³/mol. The maximum Gasteiger partial charge on any atom is 0.366 e. The number of rotatable bonds is 5. The maximum atomic E-state index is 12.9. The second-order valence-corrected chi connectivity index (χ2v) is 3.42. The summed E-state index contributed by atoms with van der Waals surface area (Å²) < 4.78 is 17.2. The Morgan fingerprint density at radius 2 is 2.06 bits per heavy atom. The summed E-state index contributed by atoms with van der Waals surface area (Å²) in [6.45, 7) is 0. The van der Waals surface area contributed by atoms with Crippen LogP contribution in [0.2, 0.25) is 0 Å². The molecule has 0 aliphatic rings. The van der Waals surface area contributed by atoms with Gasteiger partial charge in [0.25, 0.3) is 0 Å². The van der Waals surface area contributed by atoms with Gasteiger partial charge in [-0.1, -0.05) is 30.3 Å². The minimum atomic E-state index is -0.903. The molecule has 2 nitrogen and oxygen atoms in total. The van der Waals surface area contributed by atoms with Crippen molar-refractivity contribution in [1.29, 1.82) is 0 Å². The number of ether oxygens (including phenoxy) is 1. The Morgan fingerprint density at radius 3 is 2.69 bits per heavy atom. The van der Waals surface area contributed by atoms with Gasteiger partial charge in [0.05, 0.1) is 7.11 Å². The first-order valence-electron chi connectivity index (χ1n) is 5.22. The molecule has 0 fully saturated rings. The van der Waals surface area contributed by atoms with Crippen LogP contribution in [0.25, 0.3) is 0 Å². The molecular formula is C13H15FO2. The molecule has 0 saturated carbocycles. The Bertz CT molecular complexity index is 357. The van der Waals surface area contributed by atoms with Crippen LogP contribution >= 0.6 is 0 Å². The minimum absolute atomic E-state index is 0.538. The van der Waals surface area contributed by atoms with Gasteiger partial charge in [-0.05, 0) is 30.9 Å². The van der Waals surface area contributed by atoms with Crippen LogP contribution in [0.3, 0.4) is 0 Å². The molecule has 0 aliphatic carbocycles. The summed E-state index contributed by atoms with van der Waals surface area (Å²) >= 11 is 0. The highest BCUT2D eigenvalue weighted by molar-refractivity contribution is 5.85. The number of carbonyl (C=O) groups is 1. The van der Waals surface area contributed by atoms with E-state index in [1.54, 1.807) is 0 Å². The summed E-state index contributed by atoms with van der Waals surface area (Å²) in [7, 11) is 1.17. The molecule has 0 atom stereocenters. The number of hydrogen-bond acceptors (Lipinski definition) is 2. The van der Waals surface area contributed by atoms with E-state index in [9.17, 15) is 9.18 Å². The molecule has 0 aliphatic heterocycles. The lowest BCUT2D eigenvalue weighted by Gasteiger charge is -1.98. The summed E-state index contributed by atoms with van der Waals surface area (Å²) in [5.41, 5.74) is 1.22. The second kappa shape index (κ2) is 6.77. The number of halogens is 1.